The van der Waals surface area contributed by atoms with Crippen LogP contribution in [-0.4, -0.2) is 13.1 Å². The third-order valence-corrected chi connectivity index (χ3v) is 1.13. The second kappa shape index (κ2) is 6.96. The van der Waals surface area contributed by atoms with Gasteiger partial charge in [0.15, 0.2) is 0 Å². The summed E-state index contributed by atoms with van der Waals surface area (Å²) < 4.78 is 0. The van der Waals surface area contributed by atoms with E-state index in [2.05, 4.69) is 19.2 Å². The maximum absolute atomic E-state index is 3.34. The molecule has 0 aliphatic heterocycles. The van der Waals surface area contributed by atoms with Crippen molar-refractivity contribution in [1.82, 2.24) is 5.32 Å². The number of hydrogen-bond acceptors (Lipinski definition) is 1. The molecule has 1 N–H and O–H groups in total. The molecular weight excluding hydrogens is 98.1 g/mol. The van der Waals surface area contributed by atoms with E-state index in [4.69, 9.17) is 0 Å². The molecule has 1 nitrogen and oxygen atoms in total. The molecule has 0 aromatic rings. The van der Waals surface area contributed by atoms with Gasteiger partial charge >= 0.3 is 0 Å². The van der Waals surface area contributed by atoms with Crippen molar-refractivity contribution in [1.29, 1.82) is 0 Å². The van der Waals surface area contributed by atoms with Gasteiger partial charge in [0.1, 0.15) is 0 Å². The zero-order valence-corrected chi connectivity index (χ0v) is 6.04. The molecule has 0 atom stereocenters. The highest BCUT2D eigenvalue weighted by Gasteiger charge is 1.80. The molecule has 0 aromatic carbocycles. The summed E-state index contributed by atoms with van der Waals surface area (Å²) in [6.45, 7) is 6.79. The quantitative estimate of drug-likeness (QED) is 0.539. The molecule has 0 saturated carbocycles. The van der Waals surface area contributed by atoms with Crippen molar-refractivity contribution in [3.63, 3.8) is 0 Å². The van der Waals surface area contributed by atoms with Gasteiger partial charge in [-0.2, -0.15) is 0 Å². The minimum atomic E-state index is 1.18. The van der Waals surface area contributed by atoms with Gasteiger partial charge in [0, 0.05) is 0 Å². The van der Waals surface area contributed by atoms with E-state index < -0.39 is 0 Å². The summed E-state index contributed by atoms with van der Waals surface area (Å²) in [4.78, 5) is 0. The Morgan fingerprint density at radius 3 is 2.25 bits per heavy atom. The maximum Gasteiger partial charge on any atom is -0.00490 e. The van der Waals surface area contributed by atoms with Crippen molar-refractivity contribution < 1.29 is 0 Å². The molecule has 0 radical (unpaired) electrons. The zero-order chi connectivity index (χ0) is 6.24. The lowest BCUT2D eigenvalue weighted by Gasteiger charge is -1.98. The first-order chi connectivity index (χ1) is 3.91. The lowest BCUT2D eigenvalue weighted by Crippen LogP contribution is -2.15. The molecule has 0 bridgehead atoms. The van der Waals surface area contributed by atoms with Crippen LogP contribution in [0.1, 0.15) is 33.1 Å². The Morgan fingerprint density at radius 1 is 1.00 bits per heavy atom. The minimum absolute atomic E-state index is 1.18. The molecule has 1 heteroatoms. The van der Waals surface area contributed by atoms with Crippen molar-refractivity contribution in [2.75, 3.05) is 13.1 Å². The summed E-state index contributed by atoms with van der Waals surface area (Å²) in [6.07, 6.45) is 3.88. The summed E-state index contributed by atoms with van der Waals surface area (Å²) in [5.41, 5.74) is 0. The summed E-state index contributed by atoms with van der Waals surface area (Å²) in [7, 11) is 0. The molecule has 0 rings (SSSR count). The number of hydrogen-bond donors (Lipinski definition) is 1. The third kappa shape index (κ3) is 5.96. The third-order valence-electron chi connectivity index (χ3n) is 1.13. The normalized spacial score (nSPS) is 9.75. The molecule has 0 aromatic heterocycles. The minimum Gasteiger partial charge on any atom is -0.317 e. The van der Waals surface area contributed by atoms with E-state index in [-0.39, 0.29) is 0 Å². The van der Waals surface area contributed by atoms with Gasteiger partial charge in [-0.05, 0) is 25.9 Å². The Bertz CT molecular complexity index is 29.4. The van der Waals surface area contributed by atoms with Crippen LogP contribution in [0.4, 0.5) is 0 Å². The Balaban J connectivity index is 2.53. The topological polar surface area (TPSA) is 12.0 Å². The van der Waals surface area contributed by atoms with E-state index in [9.17, 15) is 0 Å². The van der Waals surface area contributed by atoms with Crippen molar-refractivity contribution in [3.05, 3.63) is 0 Å². The monoisotopic (exact) mass is 115 g/mol. The van der Waals surface area contributed by atoms with Gasteiger partial charge in [-0.1, -0.05) is 20.3 Å². The van der Waals surface area contributed by atoms with E-state index in [0.717, 1.165) is 0 Å². The molecule has 8 heavy (non-hydrogen) atoms. The summed E-state index contributed by atoms with van der Waals surface area (Å²) in [5, 5.41) is 3.34. The van der Waals surface area contributed by atoms with Crippen LogP contribution in [0.3, 0.4) is 0 Å². The van der Waals surface area contributed by atoms with E-state index >= 15 is 0 Å². The highest BCUT2D eigenvalue weighted by Crippen LogP contribution is 1.81. The van der Waals surface area contributed by atoms with Gasteiger partial charge in [0.05, 0.1) is 0 Å². The van der Waals surface area contributed by atoms with Crippen molar-refractivity contribution in [2.24, 2.45) is 0 Å². The molecule has 0 amide bonds. The summed E-state index contributed by atoms with van der Waals surface area (Å²) >= 11 is 0. The fourth-order valence-electron chi connectivity index (χ4n) is 0.604. The van der Waals surface area contributed by atoms with Gasteiger partial charge in [0.25, 0.3) is 0 Å². The Morgan fingerprint density at radius 2 is 1.75 bits per heavy atom. The van der Waals surface area contributed by atoms with Crippen LogP contribution in [0, 0.1) is 0 Å². The van der Waals surface area contributed by atoms with Gasteiger partial charge < -0.3 is 5.32 Å². The number of unbranched alkanes of at least 4 members (excludes halogenated alkanes) is 1. The Kier molecular flexibility index (Phi) is 6.93. The first-order valence-corrected chi connectivity index (χ1v) is 3.62. The van der Waals surface area contributed by atoms with E-state index in [0.29, 0.717) is 0 Å². The van der Waals surface area contributed by atoms with Crippen LogP contribution < -0.4 is 5.32 Å². The zero-order valence-electron chi connectivity index (χ0n) is 6.04. The van der Waals surface area contributed by atoms with Crippen molar-refractivity contribution >= 4 is 0 Å². The molecule has 0 spiro atoms. The van der Waals surface area contributed by atoms with Gasteiger partial charge in [-0.3, -0.25) is 0 Å². The lowest BCUT2D eigenvalue weighted by atomic mass is 10.3. The van der Waals surface area contributed by atoms with E-state index in [1.807, 2.05) is 0 Å². The van der Waals surface area contributed by atoms with Gasteiger partial charge in [0.2, 0.25) is 0 Å². The molecular formula is C7H17N. The van der Waals surface area contributed by atoms with Crippen molar-refractivity contribution in [3.8, 4) is 0 Å². The number of rotatable bonds is 5. The molecule has 0 heterocycles. The molecule has 50 valence electrons. The predicted octanol–water partition coefficient (Wildman–Crippen LogP) is 1.79. The van der Waals surface area contributed by atoms with E-state index in [1.165, 1.54) is 32.4 Å². The Hall–Kier alpha value is -0.0400. The van der Waals surface area contributed by atoms with Gasteiger partial charge in [-0.25, -0.2) is 0 Å². The summed E-state index contributed by atoms with van der Waals surface area (Å²) in [5.74, 6) is 0. The van der Waals surface area contributed by atoms with Crippen LogP contribution in [0.15, 0.2) is 0 Å². The smallest absolute Gasteiger partial charge is 0.00490 e. The molecule has 0 saturated heterocycles. The van der Waals surface area contributed by atoms with Crippen LogP contribution in [0.25, 0.3) is 0 Å². The molecule has 0 aliphatic rings. The fourth-order valence-corrected chi connectivity index (χ4v) is 0.604. The molecule has 0 aliphatic carbocycles. The summed E-state index contributed by atoms with van der Waals surface area (Å²) in [6, 6.07) is 0. The second-order valence-electron chi connectivity index (χ2n) is 2.10. The number of nitrogens with one attached hydrogen (secondary N) is 1. The first kappa shape index (κ1) is 7.96. The first-order valence-electron chi connectivity index (χ1n) is 3.62. The fraction of sp³-hybridized carbons (Fsp3) is 1.00. The average molecular weight is 115 g/mol. The van der Waals surface area contributed by atoms with E-state index in [1.54, 1.807) is 0 Å². The molecule has 0 fully saturated rings. The largest absolute Gasteiger partial charge is 0.317 e. The standard InChI is InChI=1S/C7H17N/c1-3-5-7-8-6-4-2/h8H,3-7H2,1-2H3. The predicted molar refractivity (Wildman–Crippen MR) is 38.1 cm³/mol. The van der Waals surface area contributed by atoms with Crippen LogP contribution in [0.5, 0.6) is 0 Å². The lowest BCUT2D eigenvalue weighted by molar-refractivity contribution is 0.633. The maximum atomic E-state index is 3.34. The van der Waals surface area contributed by atoms with Crippen LogP contribution >= 0.6 is 0 Å². The van der Waals surface area contributed by atoms with Crippen molar-refractivity contribution in [2.45, 2.75) is 33.1 Å². The SMILES string of the molecule is CCCCNCCC. The van der Waals surface area contributed by atoms with Crippen LogP contribution in [-0.2, 0) is 0 Å². The van der Waals surface area contributed by atoms with Gasteiger partial charge in [-0.15, -0.1) is 0 Å². The molecule has 0 unspecified atom stereocenters. The highest BCUT2D eigenvalue weighted by atomic mass is 14.8. The Labute approximate surface area is 52.5 Å². The van der Waals surface area contributed by atoms with Crippen LogP contribution in [0.2, 0.25) is 0 Å². The second-order valence-corrected chi connectivity index (χ2v) is 2.10. The average Bonchev–Trinajstić information content (AvgIpc) is 1.81. The highest BCUT2D eigenvalue weighted by molar-refractivity contribution is 4.43.